The number of allylic oxidation sites excluding steroid dienone is 1. The number of piperazine rings is 1. The van der Waals surface area contributed by atoms with Crippen molar-refractivity contribution in [3.05, 3.63) is 12.2 Å². The number of amides is 2. The minimum atomic E-state index is -0.317. The van der Waals surface area contributed by atoms with Gasteiger partial charge >= 0.3 is 0 Å². The van der Waals surface area contributed by atoms with Crippen molar-refractivity contribution < 1.29 is 9.59 Å². The minimum Gasteiger partial charge on any atom is -0.345 e. The summed E-state index contributed by atoms with van der Waals surface area (Å²) in [5.74, 6) is 0.00607. The highest BCUT2D eigenvalue weighted by Gasteiger charge is 2.35. The highest BCUT2D eigenvalue weighted by atomic mass is 16.2. The molecule has 82 valence electrons. The van der Waals surface area contributed by atoms with Gasteiger partial charge in [-0.25, -0.2) is 0 Å². The van der Waals surface area contributed by atoms with Crippen LogP contribution in [0.1, 0.15) is 26.2 Å². The maximum atomic E-state index is 11.7. The molecular formula is C11H16N2O2. The largest absolute Gasteiger partial charge is 0.345 e. The van der Waals surface area contributed by atoms with E-state index in [-0.39, 0.29) is 30.4 Å². The molecule has 2 amide bonds. The normalized spacial score (nSPS) is 31.7. The first kappa shape index (κ1) is 10.2. The third kappa shape index (κ3) is 1.89. The third-order valence-corrected chi connectivity index (χ3v) is 3.13. The van der Waals surface area contributed by atoms with Gasteiger partial charge in [0.05, 0.1) is 6.54 Å². The maximum Gasteiger partial charge on any atom is 0.242 e. The van der Waals surface area contributed by atoms with Crippen molar-refractivity contribution in [2.24, 2.45) is 0 Å². The molecule has 2 rings (SSSR count). The van der Waals surface area contributed by atoms with Crippen LogP contribution in [0, 0.1) is 0 Å². The second-order valence-electron chi connectivity index (χ2n) is 4.13. The minimum absolute atomic E-state index is 0.0378. The Labute approximate surface area is 89.3 Å². The predicted molar refractivity (Wildman–Crippen MR) is 56.1 cm³/mol. The second kappa shape index (κ2) is 4.04. The Morgan fingerprint density at radius 1 is 1.40 bits per heavy atom. The lowest BCUT2D eigenvalue weighted by atomic mass is 9.97. The monoisotopic (exact) mass is 208 g/mol. The van der Waals surface area contributed by atoms with Crippen LogP contribution in [0.3, 0.4) is 0 Å². The molecule has 0 radical (unpaired) electrons. The van der Waals surface area contributed by atoms with Gasteiger partial charge in [-0.1, -0.05) is 12.2 Å². The standard InChI is InChI=1S/C11H16N2O2/c1-8-11(15)12-7-10(14)13(8)9-5-3-2-4-6-9/h2-3,8-9H,4-7H2,1H3,(H,12,15). The zero-order valence-electron chi connectivity index (χ0n) is 8.90. The molecule has 1 saturated heterocycles. The molecule has 1 heterocycles. The molecule has 1 aliphatic carbocycles. The van der Waals surface area contributed by atoms with Crippen molar-refractivity contribution in [3.63, 3.8) is 0 Å². The summed E-state index contributed by atoms with van der Waals surface area (Å²) in [5.41, 5.74) is 0. The van der Waals surface area contributed by atoms with Gasteiger partial charge in [0, 0.05) is 6.04 Å². The van der Waals surface area contributed by atoms with Gasteiger partial charge in [-0.3, -0.25) is 9.59 Å². The van der Waals surface area contributed by atoms with Crippen LogP contribution in [0.25, 0.3) is 0 Å². The number of nitrogens with one attached hydrogen (secondary N) is 1. The molecule has 0 aromatic heterocycles. The summed E-state index contributed by atoms with van der Waals surface area (Å²) in [6.45, 7) is 1.95. The Morgan fingerprint density at radius 2 is 2.20 bits per heavy atom. The number of carbonyl (C=O) groups excluding carboxylic acids is 2. The van der Waals surface area contributed by atoms with E-state index in [9.17, 15) is 9.59 Å². The van der Waals surface area contributed by atoms with E-state index in [0.29, 0.717) is 0 Å². The van der Waals surface area contributed by atoms with Crippen molar-refractivity contribution >= 4 is 11.8 Å². The van der Waals surface area contributed by atoms with E-state index >= 15 is 0 Å². The number of hydrogen-bond donors (Lipinski definition) is 1. The smallest absolute Gasteiger partial charge is 0.242 e. The van der Waals surface area contributed by atoms with Crippen LogP contribution in [0.5, 0.6) is 0 Å². The van der Waals surface area contributed by atoms with Gasteiger partial charge in [0.25, 0.3) is 0 Å². The van der Waals surface area contributed by atoms with Crippen molar-refractivity contribution in [3.8, 4) is 0 Å². The molecule has 0 saturated carbocycles. The van der Waals surface area contributed by atoms with Crippen LogP contribution >= 0.6 is 0 Å². The van der Waals surface area contributed by atoms with E-state index in [1.54, 1.807) is 11.8 Å². The highest BCUT2D eigenvalue weighted by molar-refractivity contribution is 5.94. The highest BCUT2D eigenvalue weighted by Crippen LogP contribution is 2.21. The number of hydrogen-bond acceptors (Lipinski definition) is 2. The maximum absolute atomic E-state index is 11.7. The van der Waals surface area contributed by atoms with Gasteiger partial charge in [-0.15, -0.1) is 0 Å². The van der Waals surface area contributed by atoms with Gasteiger partial charge in [0.1, 0.15) is 6.04 Å². The van der Waals surface area contributed by atoms with Gasteiger partial charge in [-0.2, -0.15) is 0 Å². The average Bonchev–Trinajstić information content (AvgIpc) is 2.26. The Bertz CT molecular complexity index is 312. The first-order valence-corrected chi connectivity index (χ1v) is 5.44. The fraction of sp³-hybridized carbons (Fsp3) is 0.636. The Balaban J connectivity index is 2.13. The van der Waals surface area contributed by atoms with Crippen molar-refractivity contribution in [2.45, 2.75) is 38.3 Å². The van der Waals surface area contributed by atoms with Crippen LogP contribution in [0.15, 0.2) is 12.2 Å². The Morgan fingerprint density at radius 3 is 2.87 bits per heavy atom. The molecule has 1 aliphatic heterocycles. The molecule has 2 atom stereocenters. The fourth-order valence-corrected chi connectivity index (χ4v) is 2.29. The van der Waals surface area contributed by atoms with E-state index in [4.69, 9.17) is 0 Å². The van der Waals surface area contributed by atoms with Crippen LogP contribution < -0.4 is 5.32 Å². The number of rotatable bonds is 1. The zero-order valence-corrected chi connectivity index (χ0v) is 8.90. The van der Waals surface area contributed by atoms with Crippen molar-refractivity contribution in [1.29, 1.82) is 0 Å². The van der Waals surface area contributed by atoms with Gasteiger partial charge in [0.15, 0.2) is 0 Å². The molecule has 15 heavy (non-hydrogen) atoms. The predicted octanol–water partition coefficient (Wildman–Crippen LogP) is 0.442. The Kier molecular flexibility index (Phi) is 2.75. The SMILES string of the molecule is CC1C(=O)NCC(=O)N1C1CC=CCC1. The zero-order chi connectivity index (χ0) is 10.8. The molecular weight excluding hydrogens is 192 g/mol. The summed E-state index contributed by atoms with van der Waals surface area (Å²) in [4.78, 5) is 25.0. The van der Waals surface area contributed by atoms with Gasteiger partial charge in [-0.05, 0) is 26.2 Å². The molecule has 1 N–H and O–H groups in total. The summed E-state index contributed by atoms with van der Waals surface area (Å²) in [6.07, 6.45) is 7.09. The van der Waals surface area contributed by atoms with E-state index < -0.39 is 0 Å². The molecule has 0 bridgehead atoms. The van der Waals surface area contributed by atoms with E-state index in [1.165, 1.54) is 0 Å². The first-order chi connectivity index (χ1) is 7.20. The molecule has 2 aliphatic rings. The van der Waals surface area contributed by atoms with E-state index in [2.05, 4.69) is 17.5 Å². The molecule has 4 heteroatoms. The van der Waals surface area contributed by atoms with Crippen LogP contribution in [0.4, 0.5) is 0 Å². The van der Waals surface area contributed by atoms with Crippen molar-refractivity contribution in [1.82, 2.24) is 10.2 Å². The second-order valence-corrected chi connectivity index (χ2v) is 4.13. The number of carbonyl (C=O) groups is 2. The summed E-state index contributed by atoms with van der Waals surface area (Å²) < 4.78 is 0. The molecule has 0 spiro atoms. The molecule has 0 aromatic rings. The summed E-state index contributed by atoms with van der Waals surface area (Å²) in [7, 11) is 0. The summed E-state index contributed by atoms with van der Waals surface area (Å²) in [6, 6.07) is -0.105. The summed E-state index contributed by atoms with van der Waals surface area (Å²) in [5, 5.41) is 2.60. The molecule has 1 fully saturated rings. The lowest BCUT2D eigenvalue weighted by molar-refractivity contribution is -0.147. The molecule has 2 unspecified atom stereocenters. The summed E-state index contributed by atoms with van der Waals surface area (Å²) >= 11 is 0. The molecule has 4 nitrogen and oxygen atoms in total. The van der Waals surface area contributed by atoms with E-state index in [0.717, 1.165) is 19.3 Å². The molecule has 0 aromatic carbocycles. The van der Waals surface area contributed by atoms with Crippen molar-refractivity contribution in [2.75, 3.05) is 6.54 Å². The fourth-order valence-electron chi connectivity index (χ4n) is 2.29. The average molecular weight is 208 g/mol. The Hall–Kier alpha value is -1.32. The number of nitrogens with zero attached hydrogens (tertiary/aromatic N) is 1. The van der Waals surface area contributed by atoms with Crippen LogP contribution in [-0.2, 0) is 9.59 Å². The van der Waals surface area contributed by atoms with Gasteiger partial charge < -0.3 is 10.2 Å². The van der Waals surface area contributed by atoms with E-state index in [1.807, 2.05) is 0 Å². The van der Waals surface area contributed by atoms with Crippen LogP contribution in [0.2, 0.25) is 0 Å². The third-order valence-electron chi connectivity index (χ3n) is 3.13. The lowest BCUT2D eigenvalue weighted by Crippen LogP contribution is -2.60. The van der Waals surface area contributed by atoms with Gasteiger partial charge in [0.2, 0.25) is 11.8 Å². The first-order valence-electron chi connectivity index (χ1n) is 5.44. The van der Waals surface area contributed by atoms with Crippen LogP contribution in [-0.4, -0.2) is 35.3 Å². The topological polar surface area (TPSA) is 49.4 Å². The quantitative estimate of drug-likeness (QED) is 0.636. The lowest BCUT2D eigenvalue weighted by Gasteiger charge is -2.39.